The first-order valence-corrected chi connectivity index (χ1v) is 10.4. The molecule has 0 aromatic heterocycles. The van der Waals surface area contributed by atoms with Crippen LogP contribution in [0.2, 0.25) is 0 Å². The van der Waals surface area contributed by atoms with E-state index in [2.05, 4.69) is 13.0 Å². The van der Waals surface area contributed by atoms with E-state index in [1.165, 1.54) is 5.57 Å². The highest BCUT2D eigenvalue weighted by Gasteiger charge is 2.52. The Labute approximate surface area is 167 Å². The van der Waals surface area contributed by atoms with Crippen molar-refractivity contribution in [2.45, 2.75) is 95.3 Å². The van der Waals surface area contributed by atoms with Crippen molar-refractivity contribution in [3.63, 3.8) is 0 Å². The fourth-order valence-electron chi connectivity index (χ4n) is 5.41. The Kier molecular flexibility index (Phi) is 6.29. The van der Waals surface area contributed by atoms with Crippen LogP contribution in [0.1, 0.15) is 53.4 Å². The maximum absolute atomic E-state index is 10.9. The fourth-order valence-corrected chi connectivity index (χ4v) is 5.41. The van der Waals surface area contributed by atoms with Gasteiger partial charge in [0.2, 0.25) is 0 Å². The molecule has 0 spiro atoms. The van der Waals surface area contributed by atoms with Crippen molar-refractivity contribution in [1.29, 1.82) is 0 Å². The Morgan fingerprint density at radius 3 is 2.50 bits per heavy atom. The lowest BCUT2D eigenvalue weighted by Crippen LogP contribution is -2.61. The van der Waals surface area contributed by atoms with E-state index in [1.54, 1.807) is 0 Å². The number of rotatable bonds is 4. The zero-order valence-corrected chi connectivity index (χ0v) is 17.3. The van der Waals surface area contributed by atoms with Gasteiger partial charge >= 0.3 is 0 Å². The molecule has 0 unspecified atom stereocenters. The molecule has 1 saturated carbocycles. The first-order valence-electron chi connectivity index (χ1n) is 10.4. The van der Waals surface area contributed by atoms with Crippen LogP contribution in [0.3, 0.4) is 0 Å². The largest absolute Gasteiger partial charge is 0.394 e. The van der Waals surface area contributed by atoms with Gasteiger partial charge in [0.1, 0.15) is 24.4 Å². The van der Waals surface area contributed by atoms with Crippen molar-refractivity contribution in [3.05, 3.63) is 11.6 Å². The molecule has 9 atom stereocenters. The molecule has 2 aliphatic carbocycles. The number of fused-ring (bicyclic) bond motifs is 1. The van der Waals surface area contributed by atoms with Gasteiger partial charge in [-0.05, 0) is 71.1 Å². The highest BCUT2D eigenvalue weighted by molar-refractivity contribution is 5.15. The first kappa shape index (κ1) is 22.2. The third-order valence-electron chi connectivity index (χ3n) is 7.18. The van der Waals surface area contributed by atoms with E-state index in [9.17, 15) is 25.5 Å². The van der Waals surface area contributed by atoms with Crippen molar-refractivity contribution in [2.24, 2.45) is 17.8 Å². The number of aliphatic hydroxyl groups excluding tert-OH is 4. The third-order valence-corrected chi connectivity index (χ3v) is 7.18. The lowest BCUT2D eigenvalue weighted by atomic mass is 9.57. The Bertz CT molecular complexity index is 585. The summed E-state index contributed by atoms with van der Waals surface area (Å²) in [7, 11) is 0. The molecule has 3 aliphatic rings. The van der Waals surface area contributed by atoms with Gasteiger partial charge in [0.05, 0.1) is 17.8 Å². The molecule has 162 valence electrons. The van der Waals surface area contributed by atoms with E-state index in [-0.39, 0.29) is 17.8 Å². The molecule has 0 aromatic rings. The van der Waals surface area contributed by atoms with Crippen LogP contribution in [-0.2, 0) is 9.47 Å². The van der Waals surface area contributed by atoms with E-state index in [0.717, 1.165) is 19.3 Å². The minimum absolute atomic E-state index is 0.0975. The van der Waals surface area contributed by atoms with Gasteiger partial charge < -0.3 is 35.0 Å². The molecule has 5 N–H and O–H groups in total. The van der Waals surface area contributed by atoms with E-state index in [0.29, 0.717) is 6.42 Å². The van der Waals surface area contributed by atoms with Crippen molar-refractivity contribution in [2.75, 3.05) is 6.61 Å². The van der Waals surface area contributed by atoms with Gasteiger partial charge in [-0.25, -0.2) is 0 Å². The lowest BCUT2D eigenvalue weighted by Gasteiger charge is -2.53. The Morgan fingerprint density at radius 1 is 1.18 bits per heavy atom. The molecule has 1 aliphatic heterocycles. The number of hydrogen-bond donors (Lipinski definition) is 5. The topological polar surface area (TPSA) is 120 Å². The summed E-state index contributed by atoms with van der Waals surface area (Å²) in [6, 6.07) is 0. The Morgan fingerprint density at radius 2 is 1.86 bits per heavy atom. The molecular weight excluding hydrogens is 364 g/mol. The fraction of sp³-hybridized carbons (Fsp3) is 0.905. The Balaban J connectivity index is 1.81. The summed E-state index contributed by atoms with van der Waals surface area (Å²) < 4.78 is 11.7. The van der Waals surface area contributed by atoms with Crippen molar-refractivity contribution < 1.29 is 35.0 Å². The summed E-state index contributed by atoms with van der Waals surface area (Å²) in [4.78, 5) is 0. The van der Waals surface area contributed by atoms with Crippen molar-refractivity contribution in [1.82, 2.24) is 0 Å². The van der Waals surface area contributed by atoms with Crippen LogP contribution in [0.25, 0.3) is 0 Å². The molecule has 7 heteroatoms. The lowest BCUT2D eigenvalue weighted by molar-refractivity contribution is -0.332. The molecule has 1 saturated heterocycles. The van der Waals surface area contributed by atoms with Gasteiger partial charge in [0.15, 0.2) is 6.29 Å². The first-order chi connectivity index (χ1) is 13.0. The van der Waals surface area contributed by atoms with Crippen molar-refractivity contribution >= 4 is 0 Å². The van der Waals surface area contributed by atoms with Crippen LogP contribution < -0.4 is 0 Å². The zero-order valence-electron chi connectivity index (χ0n) is 17.3. The Hall–Kier alpha value is -0.540. The third kappa shape index (κ3) is 4.03. The second-order valence-corrected chi connectivity index (χ2v) is 9.66. The summed E-state index contributed by atoms with van der Waals surface area (Å²) in [5.74, 6) is 0.394. The zero-order chi connectivity index (χ0) is 20.9. The van der Waals surface area contributed by atoms with E-state index < -0.39 is 48.5 Å². The van der Waals surface area contributed by atoms with Gasteiger partial charge in [-0.3, -0.25) is 0 Å². The summed E-state index contributed by atoms with van der Waals surface area (Å²) in [6.45, 7) is 7.43. The molecule has 28 heavy (non-hydrogen) atoms. The van der Waals surface area contributed by atoms with E-state index in [4.69, 9.17) is 9.47 Å². The minimum Gasteiger partial charge on any atom is -0.394 e. The van der Waals surface area contributed by atoms with Crippen LogP contribution in [0.4, 0.5) is 0 Å². The second-order valence-electron chi connectivity index (χ2n) is 9.66. The standard InChI is InChI=1S/C21H36O7/c1-11-5-6-14-12(9-11)13(7-8-21(14,4)26)20(2,3)28-19-18(25)17(24)16(23)15(10-22)27-19/h9,12-19,22-26H,5-8,10H2,1-4H3/t12-,13-,14-,15-,16-,17+,18-,19+,21-/m1/s1. The normalized spacial score (nSPS) is 47.4. The van der Waals surface area contributed by atoms with Crippen LogP contribution in [0.5, 0.6) is 0 Å². The quantitative estimate of drug-likeness (QED) is 0.441. The second kappa shape index (κ2) is 7.95. The van der Waals surface area contributed by atoms with Gasteiger partial charge in [-0.1, -0.05) is 11.6 Å². The molecule has 0 amide bonds. The summed E-state index contributed by atoms with van der Waals surface area (Å²) in [5, 5.41) is 50.7. The van der Waals surface area contributed by atoms with Crippen molar-refractivity contribution in [3.8, 4) is 0 Å². The number of ether oxygens (including phenoxy) is 2. The van der Waals surface area contributed by atoms with Gasteiger partial charge in [0, 0.05) is 0 Å². The predicted octanol–water partition coefficient (Wildman–Crippen LogP) is 0.715. The van der Waals surface area contributed by atoms with Gasteiger partial charge in [0.25, 0.3) is 0 Å². The van der Waals surface area contributed by atoms with Crippen LogP contribution in [-0.4, -0.2) is 74.0 Å². The average Bonchev–Trinajstić information content (AvgIpc) is 2.61. The molecule has 7 nitrogen and oxygen atoms in total. The van der Waals surface area contributed by atoms with E-state index in [1.807, 2.05) is 20.8 Å². The maximum Gasteiger partial charge on any atom is 0.187 e. The summed E-state index contributed by atoms with van der Waals surface area (Å²) >= 11 is 0. The molecule has 0 radical (unpaired) electrons. The molecule has 0 aromatic carbocycles. The SMILES string of the molecule is CC1=C[C@@H]2[C@H](C(C)(C)O[C@@H]3O[C@H](CO)[C@@H](O)[C@H](O)[C@H]3O)CC[C@@](C)(O)[C@@H]2CC1. The van der Waals surface area contributed by atoms with Gasteiger partial charge in [-0.2, -0.15) is 0 Å². The average molecular weight is 401 g/mol. The van der Waals surface area contributed by atoms with E-state index >= 15 is 0 Å². The van der Waals surface area contributed by atoms with Crippen LogP contribution >= 0.6 is 0 Å². The number of hydrogen-bond acceptors (Lipinski definition) is 7. The molecule has 3 rings (SSSR count). The number of aliphatic hydroxyl groups is 5. The maximum atomic E-state index is 10.9. The summed E-state index contributed by atoms with van der Waals surface area (Å²) in [5.41, 5.74) is -0.105. The minimum atomic E-state index is -1.46. The highest BCUT2D eigenvalue weighted by Crippen LogP contribution is 2.51. The van der Waals surface area contributed by atoms with Crippen LogP contribution in [0.15, 0.2) is 11.6 Å². The molecule has 0 bridgehead atoms. The monoisotopic (exact) mass is 400 g/mol. The van der Waals surface area contributed by atoms with Gasteiger partial charge in [-0.15, -0.1) is 0 Å². The highest BCUT2D eigenvalue weighted by atomic mass is 16.7. The smallest absolute Gasteiger partial charge is 0.187 e. The van der Waals surface area contributed by atoms with Crippen LogP contribution in [0, 0.1) is 17.8 Å². The summed E-state index contributed by atoms with van der Waals surface area (Å²) in [6.07, 6.45) is -0.797. The molecule has 2 fully saturated rings. The number of allylic oxidation sites excluding steroid dienone is 2. The molecular formula is C21H36O7. The molecule has 1 heterocycles. The predicted molar refractivity (Wildman–Crippen MR) is 102 cm³/mol.